The molecule has 3 amide bonds. The van der Waals surface area contributed by atoms with Crippen molar-refractivity contribution < 1.29 is 29.0 Å². The van der Waals surface area contributed by atoms with Crippen molar-refractivity contribution in [2.75, 3.05) is 45.2 Å². The number of ether oxygens (including phenoxy) is 1. The number of unbranched alkanes of at least 4 members (excludes halogenated alkanes) is 2. The number of benzene rings is 2. The third kappa shape index (κ3) is 13.2. The summed E-state index contributed by atoms with van der Waals surface area (Å²) >= 11 is 0. The largest absolute Gasteiger partial charge is 0.480 e. The molecule has 0 aliphatic heterocycles. The fourth-order valence-electron chi connectivity index (χ4n) is 3.71. The molecule has 2 aromatic rings. The fourth-order valence-corrected chi connectivity index (χ4v) is 3.71. The molecular weight excluding hydrogens is 540 g/mol. The minimum absolute atomic E-state index is 0.0600. The quantitative estimate of drug-likeness (QED) is 0.199. The maximum atomic E-state index is 12.5. The van der Waals surface area contributed by atoms with E-state index < -0.39 is 24.2 Å². The van der Waals surface area contributed by atoms with Crippen molar-refractivity contribution in [3.8, 4) is 0 Å². The summed E-state index contributed by atoms with van der Waals surface area (Å²) in [6.07, 6.45) is 1.43. The van der Waals surface area contributed by atoms with E-state index in [1.165, 1.54) is 4.90 Å². The second-order valence-electron chi connectivity index (χ2n) is 10.9. The van der Waals surface area contributed by atoms with Gasteiger partial charge in [0.15, 0.2) is 0 Å². The highest BCUT2D eigenvalue weighted by molar-refractivity contribution is 5.94. The molecule has 0 aromatic heterocycles. The van der Waals surface area contributed by atoms with Crippen LogP contribution in [-0.2, 0) is 14.3 Å². The Balaban J connectivity index is 1.69. The first kappa shape index (κ1) is 33.7. The predicted octanol–water partition coefficient (Wildman–Crippen LogP) is 4.90. The van der Waals surface area contributed by atoms with E-state index in [9.17, 15) is 19.2 Å². The minimum Gasteiger partial charge on any atom is -0.480 e. The molecule has 0 saturated carbocycles. The average molecular weight is 583 g/mol. The standard InChI is InChI=1S/C30H42N6O6/c1-30(2,3)42-29(41)32-19-20-36(21-27(38)39)26(37)9-7-6-8-18-31-28(40)22-10-12-23(13-11-22)33-34-24-14-16-25(17-15-24)35(4)5/h10-17H,6-9,18-21H2,1-5H3,(H,31,40)(H,32,41)(H,38,39). The van der Waals surface area contributed by atoms with Crippen LogP contribution in [0.3, 0.4) is 0 Å². The van der Waals surface area contributed by atoms with Gasteiger partial charge in [0, 0.05) is 51.4 Å². The SMILES string of the molecule is CN(C)c1ccc(N=Nc2ccc(C(=O)NCCCCCC(=O)N(CCNC(=O)OC(C)(C)C)CC(=O)O)cc2)cc1. The molecule has 228 valence electrons. The number of alkyl carbamates (subject to hydrolysis) is 1. The van der Waals surface area contributed by atoms with Gasteiger partial charge in [0.25, 0.3) is 5.91 Å². The second-order valence-corrected chi connectivity index (χ2v) is 10.9. The van der Waals surface area contributed by atoms with Gasteiger partial charge in [-0.1, -0.05) is 6.42 Å². The van der Waals surface area contributed by atoms with Crippen LogP contribution >= 0.6 is 0 Å². The number of anilines is 1. The molecule has 0 heterocycles. The van der Waals surface area contributed by atoms with Gasteiger partial charge in [-0.15, -0.1) is 0 Å². The zero-order valence-electron chi connectivity index (χ0n) is 25.1. The first-order chi connectivity index (χ1) is 19.8. The van der Waals surface area contributed by atoms with Crippen molar-refractivity contribution >= 4 is 40.9 Å². The van der Waals surface area contributed by atoms with Crippen molar-refractivity contribution in [2.45, 2.75) is 52.1 Å². The Hall–Kier alpha value is -4.48. The topological polar surface area (TPSA) is 153 Å². The molecule has 0 radical (unpaired) electrons. The minimum atomic E-state index is -1.13. The number of hydrogen-bond donors (Lipinski definition) is 3. The Morgan fingerprint density at radius 2 is 1.43 bits per heavy atom. The van der Waals surface area contributed by atoms with E-state index in [0.29, 0.717) is 37.1 Å². The molecule has 0 fully saturated rings. The van der Waals surface area contributed by atoms with Gasteiger partial charge >= 0.3 is 12.1 Å². The van der Waals surface area contributed by atoms with E-state index in [1.54, 1.807) is 45.0 Å². The molecule has 0 bridgehead atoms. The van der Waals surface area contributed by atoms with Gasteiger partial charge in [-0.25, -0.2) is 4.79 Å². The average Bonchev–Trinajstić information content (AvgIpc) is 2.92. The maximum absolute atomic E-state index is 12.5. The first-order valence-electron chi connectivity index (χ1n) is 13.9. The molecule has 0 spiro atoms. The fraction of sp³-hybridized carbons (Fsp3) is 0.467. The molecule has 2 rings (SSSR count). The second kappa shape index (κ2) is 16.7. The first-order valence-corrected chi connectivity index (χ1v) is 13.9. The third-order valence-electron chi connectivity index (χ3n) is 5.86. The third-order valence-corrected chi connectivity index (χ3v) is 5.86. The number of azo groups is 1. The van der Waals surface area contributed by atoms with Crippen molar-refractivity contribution in [2.24, 2.45) is 10.2 Å². The maximum Gasteiger partial charge on any atom is 0.407 e. The van der Waals surface area contributed by atoms with Gasteiger partial charge in [0.2, 0.25) is 5.91 Å². The summed E-state index contributed by atoms with van der Waals surface area (Å²) < 4.78 is 5.14. The van der Waals surface area contributed by atoms with Gasteiger partial charge in [0.05, 0.1) is 11.4 Å². The van der Waals surface area contributed by atoms with Gasteiger partial charge < -0.3 is 30.3 Å². The Morgan fingerprint density at radius 3 is 1.98 bits per heavy atom. The van der Waals surface area contributed by atoms with Crippen LogP contribution in [0, 0.1) is 0 Å². The number of carbonyl (C=O) groups is 4. The normalized spacial score (nSPS) is 11.2. The summed E-state index contributed by atoms with van der Waals surface area (Å²) in [5.41, 5.74) is 2.28. The molecule has 3 N–H and O–H groups in total. The van der Waals surface area contributed by atoms with Crippen LogP contribution in [0.1, 0.15) is 56.8 Å². The van der Waals surface area contributed by atoms with Crippen LogP contribution in [0.5, 0.6) is 0 Å². The highest BCUT2D eigenvalue weighted by Crippen LogP contribution is 2.21. The summed E-state index contributed by atoms with van der Waals surface area (Å²) in [5, 5.41) is 23.0. The highest BCUT2D eigenvalue weighted by Gasteiger charge is 2.19. The summed E-state index contributed by atoms with van der Waals surface area (Å²) in [7, 11) is 3.94. The molecule has 0 aliphatic rings. The number of nitrogens with zero attached hydrogens (tertiary/aromatic N) is 4. The Bertz CT molecular complexity index is 1210. The molecule has 12 heteroatoms. The Labute approximate surface area is 247 Å². The van der Waals surface area contributed by atoms with Gasteiger partial charge in [-0.05, 0) is 82.1 Å². The lowest BCUT2D eigenvalue weighted by Crippen LogP contribution is -2.42. The Kier molecular flexibility index (Phi) is 13.4. The summed E-state index contributed by atoms with van der Waals surface area (Å²) in [6.45, 7) is 5.33. The van der Waals surface area contributed by atoms with E-state index in [4.69, 9.17) is 9.84 Å². The van der Waals surface area contributed by atoms with E-state index in [2.05, 4.69) is 20.9 Å². The molecular formula is C30H42N6O6. The van der Waals surface area contributed by atoms with Crippen molar-refractivity contribution in [1.29, 1.82) is 0 Å². The van der Waals surface area contributed by atoms with Gasteiger partial charge in [0.1, 0.15) is 12.1 Å². The number of carbonyl (C=O) groups excluding carboxylic acids is 3. The lowest BCUT2D eigenvalue weighted by Gasteiger charge is -2.23. The Morgan fingerprint density at radius 1 is 0.833 bits per heavy atom. The van der Waals surface area contributed by atoms with Gasteiger partial charge in [-0.2, -0.15) is 10.2 Å². The van der Waals surface area contributed by atoms with E-state index in [-0.39, 0.29) is 31.3 Å². The summed E-state index contributed by atoms with van der Waals surface area (Å²) in [6, 6.07) is 14.5. The molecule has 42 heavy (non-hydrogen) atoms. The highest BCUT2D eigenvalue weighted by atomic mass is 16.6. The van der Waals surface area contributed by atoms with Crippen LogP contribution in [0.15, 0.2) is 58.8 Å². The smallest absolute Gasteiger partial charge is 0.407 e. The van der Waals surface area contributed by atoms with Crippen molar-refractivity contribution in [3.63, 3.8) is 0 Å². The zero-order chi connectivity index (χ0) is 31.1. The predicted molar refractivity (Wildman–Crippen MR) is 161 cm³/mol. The van der Waals surface area contributed by atoms with E-state index >= 15 is 0 Å². The van der Waals surface area contributed by atoms with Crippen LogP contribution < -0.4 is 15.5 Å². The van der Waals surface area contributed by atoms with Crippen molar-refractivity contribution in [3.05, 3.63) is 54.1 Å². The van der Waals surface area contributed by atoms with Crippen LogP contribution in [0.2, 0.25) is 0 Å². The molecule has 0 aliphatic carbocycles. The number of carboxylic acid groups (broad SMARTS) is 1. The molecule has 12 nitrogen and oxygen atoms in total. The van der Waals surface area contributed by atoms with Crippen LogP contribution in [-0.4, -0.2) is 79.8 Å². The molecule has 0 unspecified atom stereocenters. The molecule has 0 saturated heterocycles. The number of nitrogens with one attached hydrogen (secondary N) is 2. The summed E-state index contributed by atoms with van der Waals surface area (Å²) in [4.78, 5) is 51.1. The lowest BCUT2D eigenvalue weighted by atomic mass is 10.1. The summed E-state index contributed by atoms with van der Waals surface area (Å²) in [5.74, 6) is -1.65. The zero-order valence-corrected chi connectivity index (χ0v) is 25.1. The van der Waals surface area contributed by atoms with E-state index in [0.717, 1.165) is 11.4 Å². The monoisotopic (exact) mass is 582 g/mol. The van der Waals surface area contributed by atoms with Crippen LogP contribution in [0.25, 0.3) is 0 Å². The van der Waals surface area contributed by atoms with Gasteiger partial charge in [-0.3, -0.25) is 14.4 Å². The number of carboxylic acids is 1. The number of amides is 3. The van der Waals surface area contributed by atoms with E-state index in [1.807, 2.05) is 43.3 Å². The number of rotatable bonds is 15. The molecule has 0 atom stereocenters. The van der Waals surface area contributed by atoms with Crippen molar-refractivity contribution in [1.82, 2.24) is 15.5 Å². The molecule has 2 aromatic carbocycles. The lowest BCUT2D eigenvalue weighted by molar-refractivity contribution is -0.144. The number of aliphatic carboxylic acids is 1. The number of hydrogen-bond acceptors (Lipinski definition) is 8. The van der Waals surface area contributed by atoms with Crippen LogP contribution in [0.4, 0.5) is 21.9 Å².